The van der Waals surface area contributed by atoms with E-state index >= 15 is 0 Å². The Balaban J connectivity index is 1.45. The molecule has 26 heavy (non-hydrogen) atoms. The molecule has 1 aliphatic rings. The third-order valence-electron chi connectivity index (χ3n) is 4.37. The van der Waals surface area contributed by atoms with Gasteiger partial charge in [-0.25, -0.2) is 4.68 Å². The smallest absolute Gasteiger partial charge is 0.271 e. The molecule has 1 saturated heterocycles. The lowest BCUT2D eigenvalue weighted by molar-refractivity contribution is 0.0383. The molecule has 0 aliphatic carbocycles. The first-order valence-corrected chi connectivity index (χ1v) is 8.93. The van der Waals surface area contributed by atoms with Gasteiger partial charge in [0, 0.05) is 32.4 Å². The third kappa shape index (κ3) is 5.06. The molecule has 1 aromatic heterocycles. The van der Waals surface area contributed by atoms with Crippen LogP contribution in [0.25, 0.3) is 0 Å². The van der Waals surface area contributed by atoms with Gasteiger partial charge < -0.3 is 14.8 Å². The maximum absolute atomic E-state index is 12.2. The van der Waals surface area contributed by atoms with E-state index in [0.29, 0.717) is 12.2 Å². The Morgan fingerprint density at radius 3 is 2.85 bits per heavy atom. The summed E-state index contributed by atoms with van der Waals surface area (Å²) in [5.74, 6) is 0.658. The molecule has 1 N–H and O–H groups in total. The fourth-order valence-electron chi connectivity index (χ4n) is 2.89. The molecular formula is C19H26N4O3. The van der Waals surface area contributed by atoms with Crippen molar-refractivity contribution in [3.63, 3.8) is 0 Å². The van der Waals surface area contributed by atoms with Gasteiger partial charge in [0.1, 0.15) is 11.4 Å². The van der Waals surface area contributed by atoms with Crippen LogP contribution in [0.2, 0.25) is 0 Å². The molecule has 1 aliphatic heterocycles. The van der Waals surface area contributed by atoms with Gasteiger partial charge in [-0.1, -0.05) is 17.7 Å². The average Bonchev–Trinajstić information content (AvgIpc) is 3.11. The minimum absolute atomic E-state index is 0.163. The van der Waals surface area contributed by atoms with Crippen LogP contribution in [0.3, 0.4) is 0 Å². The van der Waals surface area contributed by atoms with Gasteiger partial charge in [0.05, 0.1) is 13.2 Å². The van der Waals surface area contributed by atoms with Crippen molar-refractivity contribution in [3.8, 4) is 5.75 Å². The minimum atomic E-state index is -0.163. The number of aryl methyl sites for hydroxylation is 2. The van der Waals surface area contributed by atoms with Crippen LogP contribution in [-0.4, -0.2) is 60.0 Å². The monoisotopic (exact) mass is 358 g/mol. The number of rotatable bonds is 7. The number of aromatic nitrogens is 2. The number of nitrogens with zero attached hydrogens (tertiary/aromatic N) is 3. The van der Waals surface area contributed by atoms with Gasteiger partial charge in [-0.2, -0.15) is 5.10 Å². The first-order valence-electron chi connectivity index (χ1n) is 8.93. The largest absolute Gasteiger partial charge is 0.471 e. The molecule has 1 aromatic carbocycles. The molecule has 7 nitrogen and oxygen atoms in total. The van der Waals surface area contributed by atoms with E-state index in [1.807, 2.05) is 26.0 Å². The van der Waals surface area contributed by atoms with E-state index in [1.165, 1.54) is 5.56 Å². The van der Waals surface area contributed by atoms with E-state index in [9.17, 15) is 4.79 Å². The van der Waals surface area contributed by atoms with E-state index in [0.717, 1.165) is 44.2 Å². The number of nitrogens with one attached hydrogen (secondary N) is 1. The van der Waals surface area contributed by atoms with E-state index in [-0.39, 0.29) is 12.6 Å². The Kier molecular flexibility index (Phi) is 6.25. The SMILES string of the molecule is Cc1ccc(OCn2ccc(C(=O)NCCN3CCOCC3)n2)c(C)c1. The molecule has 2 heterocycles. The predicted molar refractivity (Wildman–Crippen MR) is 98.4 cm³/mol. The van der Waals surface area contributed by atoms with Crippen LogP contribution in [0, 0.1) is 13.8 Å². The predicted octanol–water partition coefficient (Wildman–Crippen LogP) is 1.60. The van der Waals surface area contributed by atoms with Crippen LogP contribution in [0.1, 0.15) is 21.6 Å². The van der Waals surface area contributed by atoms with Crippen molar-refractivity contribution < 1.29 is 14.3 Å². The Bertz CT molecular complexity index is 738. The molecule has 0 spiro atoms. The van der Waals surface area contributed by atoms with Crippen LogP contribution >= 0.6 is 0 Å². The van der Waals surface area contributed by atoms with Gasteiger partial charge in [-0.15, -0.1) is 0 Å². The molecule has 0 bridgehead atoms. The quantitative estimate of drug-likeness (QED) is 0.814. The molecule has 1 fully saturated rings. The summed E-state index contributed by atoms with van der Waals surface area (Å²) in [6.07, 6.45) is 1.75. The molecule has 0 radical (unpaired) electrons. The van der Waals surface area contributed by atoms with Crippen LogP contribution in [0.5, 0.6) is 5.75 Å². The minimum Gasteiger partial charge on any atom is -0.471 e. The fourth-order valence-corrected chi connectivity index (χ4v) is 2.89. The van der Waals surface area contributed by atoms with Crippen molar-refractivity contribution >= 4 is 5.91 Å². The van der Waals surface area contributed by atoms with Crippen LogP contribution < -0.4 is 10.1 Å². The Hall–Kier alpha value is -2.38. The Morgan fingerprint density at radius 2 is 2.08 bits per heavy atom. The number of hydrogen-bond donors (Lipinski definition) is 1. The lowest BCUT2D eigenvalue weighted by Gasteiger charge is -2.26. The van der Waals surface area contributed by atoms with E-state index < -0.39 is 0 Å². The average molecular weight is 358 g/mol. The van der Waals surface area contributed by atoms with Crippen LogP contribution in [0.4, 0.5) is 0 Å². The van der Waals surface area contributed by atoms with Crippen molar-refractivity contribution in [2.45, 2.75) is 20.6 Å². The molecule has 2 aromatic rings. The van der Waals surface area contributed by atoms with Crippen LogP contribution in [-0.2, 0) is 11.5 Å². The van der Waals surface area contributed by atoms with Crippen molar-refractivity contribution in [1.82, 2.24) is 20.0 Å². The van der Waals surface area contributed by atoms with Crippen molar-refractivity contribution in [1.29, 1.82) is 0 Å². The van der Waals surface area contributed by atoms with Gasteiger partial charge in [0.2, 0.25) is 0 Å². The second-order valence-corrected chi connectivity index (χ2v) is 6.49. The molecule has 1 amide bonds. The highest BCUT2D eigenvalue weighted by molar-refractivity contribution is 5.92. The number of morpholine rings is 1. The van der Waals surface area contributed by atoms with Crippen molar-refractivity contribution in [2.24, 2.45) is 0 Å². The summed E-state index contributed by atoms with van der Waals surface area (Å²) in [7, 11) is 0. The number of hydrogen-bond acceptors (Lipinski definition) is 5. The maximum Gasteiger partial charge on any atom is 0.271 e. The molecule has 3 rings (SSSR count). The topological polar surface area (TPSA) is 68.6 Å². The van der Waals surface area contributed by atoms with Gasteiger partial charge in [0.25, 0.3) is 5.91 Å². The van der Waals surface area contributed by atoms with Gasteiger partial charge in [-0.3, -0.25) is 9.69 Å². The highest BCUT2D eigenvalue weighted by Crippen LogP contribution is 2.19. The van der Waals surface area contributed by atoms with E-state index in [2.05, 4.69) is 21.4 Å². The van der Waals surface area contributed by atoms with E-state index in [1.54, 1.807) is 16.9 Å². The molecule has 0 atom stereocenters. The lowest BCUT2D eigenvalue weighted by atomic mass is 10.1. The van der Waals surface area contributed by atoms with Crippen LogP contribution in [0.15, 0.2) is 30.5 Å². The molecule has 7 heteroatoms. The summed E-state index contributed by atoms with van der Waals surface area (Å²) >= 11 is 0. The highest BCUT2D eigenvalue weighted by atomic mass is 16.5. The zero-order valence-electron chi connectivity index (χ0n) is 15.4. The molecule has 140 valence electrons. The molecular weight excluding hydrogens is 332 g/mol. The molecule has 0 unspecified atom stereocenters. The summed E-state index contributed by atoms with van der Waals surface area (Å²) in [5.41, 5.74) is 2.68. The summed E-state index contributed by atoms with van der Waals surface area (Å²) in [6.45, 7) is 9.12. The second-order valence-electron chi connectivity index (χ2n) is 6.49. The number of carbonyl (C=O) groups is 1. The number of ether oxygens (including phenoxy) is 2. The summed E-state index contributed by atoms with van der Waals surface area (Å²) < 4.78 is 12.7. The normalized spacial score (nSPS) is 15.0. The maximum atomic E-state index is 12.2. The third-order valence-corrected chi connectivity index (χ3v) is 4.37. The van der Waals surface area contributed by atoms with Gasteiger partial charge in [0.15, 0.2) is 6.73 Å². The Labute approximate surface area is 153 Å². The molecule has 0 saturated carbocycles. The fraction of sp³-hybridized carbons (Fsp3) is 0.474. The summed E-state index contributed by atoms with van der Waals surface area (Å²) in [5, 5.41) is 7.19. The zero-order chi connectivity index (χ0) is 18.4. The lowest BCUT2D eigenvalue weighted by Crippen LogP contribution is -2.41. The first kappa shape index (κ1) is 18.4. The van der Waals surface area contributed by atoms with Crippen molar-refractivity contribution in [2.75, 3.05) is 39.4 Å². The van der Waals surface area contributed by atoms with Gasteiger partial charge >= 0.3 is 0 Å². The number of amides is 1. The Morgan fingerprint density at radius 1 is 1.27 bits per heavy atom. The summed E-state index contributed by atoms with van der Waals surface area (Å²) in [4.78, 5) is 14.5. The standard InChI is InChI=1S/C19H26N4O3/c1-15-3-4-18(16(2)13-15)26-14-23-7-5-17(21-23)19(24)20-6-8-22-9-11-25-12-10-22/h3-5,7,13H,6,8-12,14H2,1-2H3,(H,20,24). The van der Waals surface area contributed by atoms with Crippen molar-refractivity contribution in [3.05, 3.63) is 47.3 Å². The van der Waals surface area contributed by atoms with E-state index in [4.69, 9.17) is 9.47 Å². The zero-order valence-corrected chi connectivity index (χ0v) is 15.4. The number of carbonyl (C=O) groups excluding carboxylic acids is 1. The highest BCUT2D eigenvalue weighted by Gasteiger charge is 2.12. The summed E-state index contributed by atoms with van der Waals surface area (Å²) in [6, 6.07) is 7.74. The first-order chi connectivity index (χ1) is 12.6. The second kappa shape index (κ2) is 8.82. The van der Waals surface area contributed by atoms with Gasteiger partial charge in [-0.05, 0) is 31.5 Å². The number of benzene rings is 1.